The van der Waals surface area contributed by atoms with Crippen LogP contribution in [0.2, 0.25) is 0 Å². The number of nitrogens with zero attached hydrogens (tertiary/aromatic N) is 2. The molecule has 0 aliphatic heterocycles. The molecule has 1 aromatic heterocycles. The zero-order valence-corrected chi connectivity index (χ0v) is 11.6. The van der Waals surface area contributed by atoms with E-state index in [2.05, 4.69) is 25.9 Å². The van der Waals surface area contributed by atoms with Crippen molar-refractivity contribution >= 4 is 33.7 Å². The summed E-state index contributed by atoms with van der Waals surface area (Å²) in [5.41, 5.74) is 0.0210. The van der Waals surface area contributed by atoms with Crippen molar-refractivity contribution in [3.05, 3.63) is 52.5 Å². The van der Waals surface area contributed by atoms with Crippen LogP contribution < -0.4 is 0 Å². The minimum absolute atomic E-state index is 0.0210. The molecule has 4 nitrogen and oxygen atoms in total. The SMILES string of the molecule is O=C(O)c1ccnc(CSc2ccccc2Br)n1. The molecule has 0 unspecified atom stereocenters. The summed E-state index contributed by atoms with van der Waals surface area (Å²) in [6, 6.07) is 9.21. The van der Waals surface area contributed by atoms with Crippen LogP contribution in [0.4, 0.5) is 0 Å². The van der Waals surface area contributed by atoms with Crippen molar-refractivity contribution in [3.8, 4) is 0 Å². The van der Waals surface area contributed by atoms with Crippen LogP contribution in [0.5, 0.6) is 0 Å². The zero-order chi connectivity index (χ0) is 13.0. The van der Waals surface area contributed by atoms with Gasteiger partial charge >= 0.3 is 5.97 Å². The summed E-state index contributed by atoms with van der Waals surface area (Å²) in [6.45, 7) is 0. The van der Waals surface area contributed by atoms with Gasteiger partial charge in [-0.1, -0.05) is 12.1 Å². The van der Waals surface area contributed by atoms with E-state index in [-0.39, 0.29) is 5.69 Å². The molecule has 92 valence electrons. The van der Waals surface area contributed by atoms with Crippen molar-refractivity contribution in [2.24, 2.45) is 0 Å². The molecule has 1 aromatic carbocycles. The summed E-state index contributed by atoms with van der Waals surface area (Å²) >= 11 is 5.01. The molecule has 1 heterocycles. The molecule has 0 radical (unpaired) electrons. The minimum Gasteiger partial charge on any atom is -0.477 e. The quantitative estimate of drug-likeness (QED) is 0.875. The van der Waals surface area contributed by atoms with Gasteiger partial charge in [-0.2, -0.15) is 0 Å². The Morgan fingerprint density at radius 3 is 2.83 bits per heavy atom. The number of rotatable bonds is 4. The van der Waals surface area contributed by atoms with Gasteiger partial charge in [0.15, 0.2) is 5.69 Å². The summed E-state index contributed by atoms with van der Waals surface area (Å²) in [6.07, 6.45) is 1.46. The number of aromatic carboxylic acids is 1. The highest BCUT2D eigenvalue weighted by molar-refractivity contribution is 9.10. The standard InChI is InChI=1S/C12H9BrN2O2S/c13-8-3-1-2-4-10(8)18-7-11-14-6-5-9(15-11)12(16)17/h1-6H,7H2,(H,16,17). The first-order valence-electron chi connectivity index (χ1n) is 5.09. The monoisotopic (exact) mass is 324 g/mol. The van der Waals surface area contributed by atoms with Crippen LogP contribution in [0.1, 0.15) is 16.3 Å². The lowest BCUT2D eigenvalue weighted by Crippen LogP contribution is -2.03. The fourth-order valence-corrected chi connectivity index (χ4v) is 2.72. The van der Waals surface area contributed by atoms with Crippen LogP contribution in [-0.4, -0.2) is 21.0 Å². The molecule has 2 aromatic rings. The van der Waals surface area contributed by atoms with E-state index < -0.39 is 5.97 Å². The summed E-state index contributed by atoms with van der Waals surface area (Å²) in [5, 5.41) is 8.83. The summed E-state index contributed by atoms with van der Waals surface area (Å²) < 4.78 is 1.00. The number of thioether (sulfide) groups is 1. The van der Waals surface area contributed by atoms with E-state index in [1.165, 1.54) is 12.3 Å². The highest BCUT2D eigenvalue weighted by Gasteiger charge is 2.07. The fraction of sp³-hybridized carbons (Fsp3) is 0.0833. The number of carboxylic acids is 1. The molecule has 0 bridgehead atoms. The fourth-order valence-electron chi connectivity index (χ4n) is 1.29. The van der Waals surface area contributed by atoms with Gasteiger partial charge in [0.05, 0.1) is 5.75 Å². The van der Waals surface area contributed by atoms with E-state index in [1.54, 1.807) is 11.8 Å². The van der Waals surface area contributed by atoms with E-state index in [4.69, 9.17) is 5.11 Å². The number of halogens is 1. The predicted molar refractivity (Wildman–Crippen MR) is 72.7 cm³/mol. The van der Waals surface area contributed by atoms with Gasteiger partial charge in [-0.3, -0.25) is 0 Å². The third-order valence-electron chi connectivity index (χ3n) is 2.12. The molecule has 0 amide bonds. The van der Waals surface area contributed by atoms with Gasteiger partial charge in [-0.15, -0.1) is 11.8 Å². The summed E-state index contributed by atoms with van der Waals surface area (Å²) in [5.74, 6) is 0.00388. The molecule has 0 aliphatic carbocycles. The number of hydrogen-bond donors (Lipinski definition) is 1. The third-order valence-corrected chi connectivity index (χ3v) is 4.14. The molecule has 2 rings (SSSR count). The molecular weight excluding hydrogens is 316 g/mol. The van der Waals surface area contributed by atoms with Crippen molar-refractivity contribution in [3.63, 3.8) is 0 Å². The smallest absolute Gasteiger partial charge is 0.354 e. The lowest BCUT2D eigenvalue weighted by molar-refractivity contribution is 0.0690. The maximum atomic E-state index is 10.8. The highest BCUT2D eigenvalue weighted by atomic mass is 79.9. The van der Waals surface area contributed by atoms with Gasteiger partial charge in [0.2, 0.25) is 0 Å². The number of aromatic nitrogens is 2. The number of carbonyl (C=O) groups is 1. The van der Waals surface area contributed by atoms with Crippen molar-refractivity contribution < 1.29 is 9.90 Å². The van der Waals surface area contributed by atoms with Gasteiger partial charge in [-0.25, -0.2) is 14.8 Å². The highest BCUT2D eigenvalue weighted by Crippen LogP contribution is 2.28. The summed E-state index contributed by atoms with van der Waals surface area (Å²) in [4.78, 5) is 19.9. The average molecular weight is 325 g/mol. The maximum Gasteiger partial charge on any atom is 0.354 e. The molecule has 0 spiro atoms. The van der Waals surface area contributed by atoms with Crippen molar-refractivity contribution in [2.75, 3.05) is 0 Å². The van der Waals surface area contributed by atoms with Crippen LogP contribution >= 0.6 is 27.7 Å². The lowest BCUT2D eigenvalue weighted by Gasteiger charge is -2.03. The Labute approximate surface area is 117 Å². The number of carboxylic acid groups (broad SMARTS) is 1. The van der Waals surface area contributed by atoms with E-state index in [1.807, 2.05) is 24.3 Å². The Balaban J connectivity index is 2.09. The third kappa shape index (κ3) is 3.30. The topological polar surface area (TPSA) is 63.1 Å². The van der Waals surface area contributed by atoms with Crippen molar-refractivity contribution in [2.45, 2.75) is 10.6 Å². The second-order valence-corrected chi connectivity index (χ2v) is 5.25. The van der Waals surface area contributed by atoms with E-state index in [0.717, 1.165) is 9.37 Å². The Hall–Kier alpha value is -1.40. The first kappa shape index (κ1) is 13.0. The van der Waals surface area contributed by atoms with E-state index in [0.29, 0.717) is 11.6 Å². The van der Waals surface area contributed by atoms with Crippen LogP contribution in [0.15, 0.2) is 45.9 Å². The first-order valence-corrected chi connectivity index (χ1v) is 6.87. The largest absolute Gasteiger partial charge is 0.477 e. The van der Waals surface area contributed by atoms with Gasteiger partial charge in [0, 0.05) is 15.6 Å². The Bertz CT molecular complexity index is 578. The predicted octanol–water partition coefficient (Wildman–Crippen LogP) is 3.23. The molecular formula is C12H9BrN2O2S. The first-order chi connectivity index (χ1) is 8.66. The van der Waals surface area contributed by atoms with Gasteiger partial charge in [-0.05, 0) is 34.1 Å². The van der Waals surface area contributed by atoms with Crippen LogP contribution in [0.3, 0.4) is 0 Å². The molecule has 0 atom stereocenters. The van der Waals surface area contributed by atoms with E-state index >= 15 is 0 Å². The van der Waals surface area contributed by atoms with Crippen molar-refractivity contribution in [1.29, 1.82) is 0 Å². The van der Waals surface area contributed by atoms with Crippen LogP contribution in [0.25, 0.3) is 0 Å². The number of hydrogen-bond acceptors (Lipinski definition) is 4. The Morgan fingerprint density at radius 2 is 2.11 bits per heavy atom. The second kappa shape index (κ2) is 5.97. The minimum atomic E-state index is -1.04. The molecule has 0 fully saturated rings. The van der Waals surface area contributed by atoms with E-state index in [9.17, 15) is 4.79 Å². The molecule has 6 heteroatoms. The zero-order valence-electron chi connectivity index (χ0n) is 9.21. The molecule has 0 saturated heterocycles. The molecule has 0 aliphatic rings. The van der Waals surface area contributed by atoms with Gasteiger partial charge in [0.1, 0.15) is 5.82 Å². The molecule has 18 heavy (non-hydrogen) atoms. The summed E-state index contributed by atoms with van der Waals surface area (Å²) in [7, 11) is 0. The van der Waals surface area contributed by atoms with Crippen molar-refractivity contribution in [1.82, 2.24) is 9.97 Å². The van der Waals surface area contributed by atoms with Gasteiger partial charge < -0.3 is 5.11 Å². The van der Waals surface area contributed by atoms with Crippen LogP contribution in [-0.2, 0) is 5.75 Å². The van der Waals surface area contributed by atoms with Gasteiger partial charge in [0.25, 0.3) is 0 Å². The molecule has 0 saturated carbocycles. The normalized spacial score (nSPS) is 10.3. The Kier molecular flexibility index (Phi) is 4.33. The second-order valence-electron chi connectivity index (χ2n) is 3.38. The number of benzene rings is 1. The maximum absolute atomic E-state index is 10.8. The average Bonchev–Trinajstić information content (AvgIpc) is 2.38. The Morgan fingerprint density at radius 1 is 1.33 bits per heavy atom. The lowest BCUT2D eigenvalue weighted by atomic mass is 10.4. The molecule has 1 N–H and O–H groups in total. The van der Waals surface area contributed by atoms with Crippen LogP contribution in [0, 0.1) is 0 Å².